The molecule has 74 valence electrons. The molecule has 0 radical (unpaired) electrons. The molecular weight excluding hydrogens is 220 g/mol. The van der Waals surface area contributed by atoms with Gasteiger partial charge in [0.1, 0.15) is 10.7 Å². The Balaban J connectivity index is 2.64. The van der Waals surface area contributed by atoms with Crippen molar-refractivity contribution in [1.82, 2.24) is 9.97 Å². The fraction of sp³-hybridized carbons (Fsp3) is 0.333. The number of fused-ring (bicyclic) bond motifs is 1. The van der Waals surface area contributed by atoms with Gasteiger partial charge >= 0.3 is 0 Å². The first-order valence-corrected chi connectivity index (χ1v) is 5.65. The van der Waals surface area contributed by atoms with Gasteiger partial charge in [-0.25, -0.2) is 4.98 Å². The lowest BCUT2D eigenvalue weighted by atomic mass is 10.3. The quantitative estimate of drug-likeness (QED) is 0.804. The minimum absolute atomic E-state index is 0.106. The number of rotatable bonds is 2. The van der Waals surface area contributed by atoms with Gasteiger partial charge in [0.05, 0.1) is 10.8 Å². The van der Waals surface area contributed by atoms with E-state index >= 15 is 0 Å². The van der Waals surface area contributed by atoms with Gasteiger partial charge in [-0.1, -0.05) is 6.92 Å². The first-order valence-electron chi connectivity index (χ1n) is 4.34. The Hall–Kier alpha value is -0.870. The van der Waals surface area contributed by atoms with Crippen LogP contribution in [0.3, 0.4) is 0 Å². The van der Waals surface area contributed by atoms with E-state index in [1.807, 2.05) is 12.3 Å². The number of thiophene rings is 1. The van der Waals surface area contributed by atoms with Crippen molar-refractivity contribution in [3.8, 4) is 0 Å². The van der Waals surface area contributed by atoms with Crippen LogP contribution in [0.4, 0.5) is 0 Å². The second-order valence-electron chi connectivity index (χ2n) is 2.97. The first-order chi connectivity index (χ1) is 6.72. The monoisotopic (exact) mass is 228 g/mol. The molecule has 1 unspecified atom stereocenters. The summed E-state index contributed by atoms with van der Waals surface area (Å²) in [5.74, 6) is 0.564. The third-order valence-corrected chi connectivity index (χ3v) is 3.33. The highest BCUT2D eigenvalue weighted by atomic mass is 35.5. The summed E-state index contributed by atoms with van der Waals surface area (Å²) in [5.41, 5.74) is -0.106. The molecule has 14 heavy (non-hydrogen) atoms. The molecular formula is C9H9ClN2OS. The van der Waals surface area contributed by atoms with Gasteiger partial charge in [0.15, 0.2) is 0 Å². The summed E-state index contributed by atoms with van der Waals surface area (Å²) >= 11 is 7.46. The molecule has 1 N–H and O–H groups in total. The maximum atomic E-state index is 11.5. The predicted octanol–water partition coefficient (Wildman–Crippen LogP) is 2.67. The molecule has 1 atom stereocenters. The van der Waals surface area contributed by atoms with Crippen LogP contribution in [0.1, 0.15) is 24.5 Å². The molecule has 0 aliphatic rings. The van der Waals surface area contributed by atoms with E-state index in [4.69, 9.17) is 11.6 Å². The maximum Gasteiger partial charge on any atom is 0.259 e. The second-order valence-corrected chi connectivity index (χ2v) is 4.39. The highest BCUT2D eigenvalue weighted by Gasteiger charge is 2.10. The van der Waals surface area contributed by atoms with E-state index in [-0.39, 0.29) is 10.9 Å². The molecule has 0 saturated carbocycles. The topological polar surface area (TPSA) is 45.8 Å². The molecule has 3 nitrogen and oxygen atoms in total. The van der Waals surface area contributed by atoms with Crippen LogP contribution in [0.25, 0.3) is 10.2 Å². The van der Waals surface area contributed by atoms with E-state index < -0.39 is 0 Å². The van der Waals surface area contributed by atoms with Crippen LogP contribution < -0.4 is 5.56 Å². The third kappa shape index (κ3) is 1.55. The molecule has 2 rings (SSSR count). The van der Waals surface area contributed by atoms with Gasteiger partial charge in [-0.15, -0.1) is 22.9 Å². The third-order valence-electron chi connectivity index (χ3n) is 2.01. The summed E-state index contributed by atoms with van der Waals surface area (Å²) < 4.78 is 0. The lowest BCUT2D eigenvalue weighted by Gasteiger charge is -2.04. The number of aromatic amines is 1. The Bertz CT molecular complexity index is 505. The number of alkyl halides is 1. The van der Waals surface area contributed by atoms with Gasteiger partial charge in [0, 0.05) is 0 Å². The highest BCUT2D eigenvalue weighted by Crippen LogP contribution is 2.22. The average Bonchev–Trinajstić information content (AvgIpc) is 2.64. The van der Waals surface area contributed by atoms with Gasteiger partial charge in [-0.05, 0) is 17.9 Å². The number of halogens is 1. The summed E-state index contributed by atoms with van der Waals surface area (Å²) in [4.78, 5) is 19.3. The van der Waals surface area contributed by atoms with E-state index in [0.717, 1.165) is 11.3 Å². The van der Waals surface area contributed by atoms with Crippen LogP contribution >= 0.6 is 22.9 Å². The van der Waals surface area contributed by atoms with Crippen molar-refractivity contribution < 1.29 is 0 Å². The number of aromatic nitrogens is 2. The van der Waals surface area contributed by atoms with Crippen LogP contribution in [0, 0.1) is 0 Å². The standard InChI is InChI=1S/C9H9ClN2OS/c1-2-6(10)7-11-8(13)5-3-4-14-9(5)12-7/h3-4,6H,2H2,1H3,(H,11,12,13). The zero-order chi connectivity index (χ0) is 10.1. The Labute approximate surface area is 89.8 Å². The molecule has 2 aromatic heterocycles. The smallest absolute Gasteiger partial charge is 0.259 e. The summed E-state index contributed by atoms with van der Waals surface area (Å²) in [7, 11) is 0. The molecule has 0 bridgehead atoms. The van der Waals surface area contributed by atoms with Crippen molar-refractivity contribution >= 4 is 33.2 Å². The van der Waals surface area contributed by atoms with Crippen molar-refractivity contribution in [2.24, 2.45) is 0 Å². The first kappa shape index (κ1) is 9.68. The second kappa shape index (κ2) is 3.71. The Morgan fingerprint density at radius 1 is 1.71 bits per heavy atom. The van der Waals surface area contributed by atoms with Gasteiger partial charge in [0.2, 0.25) is 0 Å². The Morgan fingerprint density at radius 2 is 2.50 bits per heavy atom. The van der Waals surface area contributed by atoms with Crippen molar-refractivity contribution in [3.05, 3.63) is 27.6 Å². The van der Waals surface area contributed by atoms with Gasteiger partial charge in [-0.2, -0.15) is 0 Å². The van der Waals surface area contributed by atoms with Crippen molar-refractivity contribution in [1.29, 1.82) is 0 Å². The lowest BCUT2D eigenvalue weighted by molar-refractivity contribution is 0.807. The molecule has 0 aromatic carbocycles. The van der Waals surface area contributed by atoms with Crippen LogP contribution in [-0.2, 0) is 0 Å². The lowest BCUT2D eigenvalue weighted by Crippen LogP contribution is -2.11. The average molecular weight is 229 g/mol. The van der Waals surface area contributed by atoms with Gasteiger partial charge < -0.3 is 4.98 Å². The molecule has 0 saturated heterocycles. The summed E-state index contributed by atoms with van der Waals surface area (Å²) in [6.45, 7) is 1.95. The number of H-pyrrole nitrogens is 1. The van der Waals surface area contributed by atoms with E-state index in [9.17, 15) is 4.79 Å². The number of nitrogens with zero attached hydrogens (tertiary/aromatic N) is 1. The normalized spacial score (nSPS) is 13.3. The van der Waals surface area contributed by atoms with Crippen LogP contribution in [0.15, 0.2) is 16.2 Å². The zero-order valence-corrected chi connectivity index (χ0v) is 9.15. The molecule has 0 aliphatic heterocycles. The molecule has 5 heteroatoms. The van der Waals surface area contributed by atoms with Crippen LogP contribution in [0.5, 0.6) is 0 Å². The molecule has 2 aromatic rings. The maximum absolute atomic E-state index is 11.5. The van der Waals surface area contributed by atoms with Crippen molar-refractivity contribution in [2.75, 3.05) is 0 Å². The van der Waals surface area contributed by atoms with Crippen molar-refractivity contribution in [3.63, 3.8) is 0 Å². The molecule has 0 fully saturated rings. The van der Waals surface area contributed by atoms with E-state index in [1.165, 1.54) is 11.3 Å². The van der Waals surface area contributed by atoms with Crippen molar-refractivity contribution in [2.45, 2.75) is 18.7 Å². The number of hydrogen-bond acceptors (Lipinski definition) is 3. The molecule has 0 spiro atoms. The van der Waals surface area contributed by atoms with E-state index in [1.54, 1.807) is 6.07 Å². The summed E-state index contributed by atoms with van der Waals surface area (Å²) in [5, 5.41) is 2.28. The number of nitrogens with one attached hydrogen (secondary N) is 1. The molecule has 2 heterocycles. The van der Waals surface area contributed by atoms with E-state index in [2.05, 4.69) is 9.97 Å². The fourth-order valence-corrected chi connectivity index (χ4v) is 2.10. The predicted molar refractivity (Wildman–Crippen MR) is 59.1 cm³/mol. The minimum Gasteiger partial charge on any atom is -0.309 e. The summed E-state index contributed by atoms with van der Waals surface area (Å²) in [6, 6.07) is 1.77. The van der Waals surface area contributed by atoms with Crippen LogP contribution in [-0.4, -0.2) is 9.97 Å². The number of hydrogen-bond donors (Lipinski definition) is 1. The highest BCUT2D eigenvalue weighted by molar-refractivity contribution is 7.16. The molecule has 0 aliphatic carbocycles. The zero-order valence-electron chi connectivity index (χ0n) is 7.58. The summed E-state index contributed by atoms with van der Waals surface area (Å²) in [6.07, 6.45) is 0.751. The largest absolute Gasteiger partial charge is 0.309 e. The van der Waals surface area contributed by atoms with Gasteiger partial charge in [-0.3, -0.25) is 4.79 Å². The Kier molecular flexibility index (Phi) is 2.56. The fourth-order valence-electron chi connectivity index (χ4n) is 1.22. The van der Waals surface area contributed by atoms with Gasteiger partial charge in [0.25, 0.3) is 5.56 Å². The van der Waals surface area contributed by atoms with Crippen LogP contribution in [0.2, 0.25) is 0 Å². The SMILES string of the molecule is CCC(Cl)c1nc2sccc2c(=O)[nH]1. The minimum atomic E-state index is -0.214. The molecule has 0 amide bonds. The van der Waals surface area contributed by atoms with E-state index in [0.29, 0.717) is 11.2 Å². The Morgan fingerprint density at radius 3 is 3.21 bits per heavy atom.